The van der Waals surface area contributed by atoms with E-state index in [1.165, 1.54) is 6.07 Å². The fraction of sp³-hybridized carbons (Fsp3) is 0.500. The largest absolute Gasteiger partial charge is 0.417 e. The molecule has 0 radical (unpaired) electrons. The minimum absolute atomic E-state index is 0. The van der Waals surface area contributed by atoms with E-state index in [1.54, 1.807) is 0 Å². The van der Waals surface area contributed by atoms with Gasteiger partial charge in [-0.1, -0.05) is 15.9 Å². The number of nitrogens with two attached hydrogens (primary N) is 1. The molecule has 4 nitrogen and oxygen atoms in total. The lowest BCUT2D eigenvalue weighted by Gasteiger charge is -2.30. The Kier molecular flexibility index (Phi) is 6.30. The van der Waals surface area contributed by atoms with Gasteiger partial charge < -0.3 is 5.73 Å². The minimum Gasteiger partial charge on any atom is -0.328 e. The number of nitrogens with zero attached hydrogens (tertiary/aromatic N) is 1. The summed E-state index contributed by atoms with van der Waals surface area (Å²) in [5.41, 5.74) is 4.53. The highest BCUT2D eigenvalue weighted by molar-refractivity contribution is 9.10. The quantitative estimate of drug-likeness (QED) is 0.795. The first-order chi connectivity index (χ1) is 9.62. The number of hydrogen-bond donors (Lipinski definition) is 1. The molecular weight excluding hydrogens is 409 g/mol. The maximum Gasteiger partial charge on any atom is 0.417 e. The van der Waals surface area contributed by atoms with E-state index in [0.29, 0.717) is 12.8 Å². The van der Waals surface area contributed by atoms with Gasteiger partial charge in [0.05, 0.1) is 10.5 Å². The van der Waals surface area contributed by atoms with Crippen molar-refractivity contribution in [3.63, 3.8) is 0 Å². The summed E-state index contributed by atoms with van der Waals surface area (Å²) in [6.45, 7) is 0.272. The van der Waals surface area contributed by atoms with Crippen molar-refractivity contribution in [1.29, 1.82) is 0 Å². The molecular formula is C12H15BrClF3N2O2S. The second-order valence-electron chi connectivity index (χ2n) is 4.88. The molecule has 1 aliphatic heterocycles. The summed E-state index contributed by atoms with van der Waals surface area (Å²) in [6.07, 6.45) is -3.85. The van der Waals surface area contributed by atoms with Crippen molar-refractivity contribution < 1.29 is 21.6 Å². The van der Waals surface area contributed by atoms with Gasteiger partial charge in [0, 0.05) is 23.6 Å². The van der Waals surface area contributed by atoms with E-state index in [1.807, 2.05) is 0 Å². The molecule has 0 aliphatic carbocycles. The van der Waals surface area contributed by atoms with Crippen molar-refractivity contribution in [2.45, 2.75) is 30.0 Å². The fourth-order valence-corrected chi connectivity index (χ4v) is 4.23. The van der Waals surface area contributed by atoms with E-state index in [9.17, 15) is 21.6 Å². The highest BCUT2D eigenvalue weighted by Gasteiger charge is 2.39. The van der Waals surface area contributed by atoms with Crippen molar-refractivity contribution in [2.75, 3.05) is 13.1 Å². The van der Waals surface area contributed by atoms with Gasteiger partial charge in [-0.3, -0.25) is 0 Å². The average Bonchev–Trinajstić information content (AvgIpc) is 2.38. The van der Waals surface area contributed by atoms with Crippen molar-refractivity contribution >= 4 is 38.4 Å². The molecule has 1 fully saturated rings. The van der Waals surface area contributed by atoms with Gasteiger partial charge in [0.15, 0.2) is 0 Å². The van der Waals surface area contributed by atoms with Gasteiger partial charge in [-0.15, -0.1) is 12.4 Å². The molecule has 0 saturated carbocycles. The van der Waals surface area contributed by atoms with Crippen LogP contribution in [0.4, 0.5) is 13.2 Å². The zero-order valence-corrected chi connectivity index (χ0v) is 14.5. The molecule has 2 rings (SSSR count). The summed E-state index contributed by atoms with van der Waals surface area (Å²) in [5.74, 6) is 0. The Labute approximate surface area is 141 Å². The van der Waals surface area contributed by atoms with Gasteiger partial charge in [0.2, 0.25) is 10.0 Å². The van der Waals surface area contributed by atoms with Gasteiger partial charge in [-0.2, -0.15) is 17.5 Å². The normalized spacial score (nSPS) is 18.0. The van der Waals surface area contributed by atoms with Gasteiger partial charge >= 0.3 is 6.18 Å². The second kappa shape index (κ2) is 7.04. The molecule has 0 bridgehead atoms. The number of hydrogen-bond acceptors (Lipinski definition) is 3. The molecule has 1 saturated heterocycles. The Morgan fingerprint density at radius 2 is 1.77 bits per heavy atom. The predicted octanol–water partition coefficient (Wildman–Crippen LogP) is 3.00. The molecule has 2 N–H and O–H groups in total. The van der Waals surface area contributed by atoms with Crippen LogP contribution in [-0.4, -0.2) is 31.9 Å². The van der Waals surface area contributed by atoms with Crippen LogP contribution in [0.5, 0.6) is 0 Å². The molecule has 0 atom stereocenters. The smallest absolute Gasteiger partial charge is 0.328 e. The van der Waals surface area contributed by atoms with E-state index < -0.39 is 26.7 Å². The highest BCUT2D eigenvalue weighted by Crippen LogP contribution is 2.37. The van der Waals surface area contributed by atoms with Crippen molar-refractivity contribution in [2.24, 2.45) is 5.73 Å². The van der Waals surface area contributed by atoms with Crippen molar-refractivity contribution in [1.82, 2.24) is 4.31 Å². The maximum absolute atomic E-state index is 13.1. The lowest BCUT2D eigenvalue weighted by Crippen LogP contribution is -2.43. The molecule has 0 aromatic heterocycles. The summed E-state index contributed by atoms with van der Waals surface area (Å²) in [6, 6.07) is 2.94. The van der Waals surface area contributed by atoms with Crippen LogP contribution in [0.2, 0.25) is 0 Å². The average molecular weight is 424 g/mol. The zero-order chi connectivity index (χ0) is 15.8. The standard InChI is InChI=1S/C12H14BrF3N2O2S.ClH/c13-8-1-2-11(10(7-8)12(14,15)16)21(19,20)18-5-3-9(17)4-6-18;/h1-2,7,9H,3-6,17H2;1H. The van der Waals surface area contributed by atoms with E-state index in [0.717, 1.165) is 16.4 Å². The third-order valence-corrected chi connectivity index (χ3v) is 5.81. The number of piperidine rings is 1. The predicted molar refractivity (Wildman–Crippen MR) is 82.4 cm³/mol. The molecule has 0 amide bonds. The van der Waals surface area contributed by atoms with Gasteiger partial charge in [-0.25, -0.2) is 8.42 Å². The Morgan fingerprint density at radius 1 is 1.23 bits per heavy atom. The molecule has 126 valence electrons. The van der Waals surface area contributed by atoms with E-state index in [4.69, 9.17) is 5.73 Å². The lowest BCUT2D eigenvalue weighted by molar-refractivity contribution is -0.140. The van der Waals surface area contributed by atoms with Crippen LogP contribution in [-0.2, 0) is 16.2 Å². The SMILES string of the molecule is Cl.NC1CCN(S(=O)(=O)c2ccc(Br)cc2C(F)(F)F)CC1. The summed E-state index contributed by atoms with van der Waals surface area (Å²) >= 11 is 2.93. The monoisotopic (exact) mass is 422 g/mol. The summed E-state index contributed by atoms with van der Waals surface area (Å²) in [5, 5.41) is 0. The van der Waals surface area contributed by atoms with Crippen LogP contribution in [0.15, 0.2) is 27.6 Å². The summed E-state index contributed by atoms with van der Waals surface area (Å²) in [4.78, 5) is -0.714. The van der Waals surface area contributed by atoms with Crippen molar-refractivity contribution in [3.05, 3.63) is 28.2 Å². The Hall–Kier alpha value is -0.350. The molecule has 1 aromatic rings. The third kappa shape index (κ3) is 4.14. The van der Waals surface area contributed by atoms with E-state index in [-0.39, 0.29) is 36.0 Å². The van der Waals surface area contributed by atoms with E-state index in [2.05, 4.69) is 15.9 Å². The molecule has 1 aromatic carbocycles. The summed E-state index contributed by atoms with van der Waals surface area (Å²) < 4.78 is 65.3. The molecule has 22 heavy (non-hydrogen) atoms. The molecule has 1 aliphatic rings. The Morgan fingerprint density at radius 3 is 2.27 bits per heavy atom. The number of benzene rings is 1. The number of rotatable bonds is 2. The van der Waals surface area contributed by atoms with Gasteiger partial charge in [0.1, 0.15) is 0 Å². The number of alkyl halides is 3. The Bertz CT molecular complexity index is 632. The van der Waals surface area contributed by atoms with Crippen LogP contribution >= 0.6 is 28.3 Å². The number of sulfonamides is 1. The number of halogens is 5. The molecule has 1 heterocycles. The fourth-order valence-electron chi connectivity index (χ4n) is 2.20. The van der Waals surface area contributed by atoms with E-state index >= 15 is 0 Å². The van der Waals surface area contributed by atoms with Gasteiger partial charge in [-0.05, 0) is 31.0 Å². The molecule has 0 unspecified atom stereocenters. The van der Waals surface area contributed by atoms with Crippen LogP contribution in [0.1, 0.15) is 18.4 Å². The topological polar surface area (TPSA) is 63.4 Å². The summed E-state index contributed by atoms with van der Waals surface area (Å²) in [7, 11) is -4.18. The first kappa shape index (κ1) is 19.7. The lowest BCUT2D eigenvalue weighted by atomic mass is 10.1. The third-order valence-electron chi connectivity index (χ3n) is 3.36. The van der Waals surface area contributed by atoms with Crippen LogP contribution in [0.25, 0.3) is 0 Å². The molecule has 0 spiro atoms. The zero-order valence-electron chi connectivity index (χ0n) is 11.3. The minimum atomic E-state index is -4.74. The van der Waals surface area contributed by atoms with Crippen LogP contribution in [0, 0.1) is 0 Å². The van der Waals surface area contributed by atoms with Crippen LogP contribution < -0.4 is 5.73 Å². The maximum atomic E-state index is 13.1. The van der Waals surface area contributed by atoms with Crippen molar-refractivity contribution in [3.8, 4) is 0 Å². The molecule has 10 heteroatoms. The first-order valence-corrected chi connectivity index (χ1v) is 8.48. The first-order valence-electron chi connectivity index (χ1n) is 6.25. The Balaban J connectivity index is 0.00000242. The van der Waals surface area contributed by atoms with Crippen LogP contribution in [0.3, 0.4) is 0 Å². The second-order valence-corrected chi connectivity index (χ2v) is 7.70. The van der Waals surface area contributed by atoms with Gasteiger partial charge in [0.25, 0.3) is 0 Å². The highest BCUT2D eigenvalue weighted by atomic mass is 79.9.